The molecule has 9 atom stereocenters. The highest BCUT2D eigenvalue weighted by atomic mass is 16.4. The van der Waals surface area contributed by atoms with E-state index in [9.17, 15) is 10.4 Å². The van der Waals surface area contributed by atoms with Crippen molar-refractivity contribution in [3.8, 4) is 0 Å². The van der Waals surface area contributed by atoms with Crippen LogP contribution in [0.2, 0.25) is 0 Å². The van der Waals surface area contributed by atoms with Crippen LogP contribution in [-0.2, 0) is 0 Å². The van der Waals surface area contributed by atoms with Crippen LogP contribution in [0, 0.1) is 56.7 Å². The van der Waals surface area contributed by atoms with Crippen molar-refractivity contribution in [3.05, 3.63) is 12.2 Å². The lowest BCUT2D eigenvalue weighted by molar-refractivity contribution is -0.222. The molecule has 0 spiro atoms. The molecular weight excluding hydrogens is 420 g/mol. The zero-order valence-corrected chi connectivity index (χ0v) is 22.5. The summed E-state index contributed by atoms with van der Waals surface area (Å²) < 4.78 is 0. The largest absolute Gasteiger partial charge is 0.411 e. The number of oxime groups is 2. The fraction of sp³-hybridized carbons (Fsp3) is 0.867. The Bertz CT molecular complexity index is 923. The number of allylic oxidation sites excluding steroid dienone is 1. The molecule has 190 valence electrons. The first-order chi connectivity index (χ1) is 15.9. The van der Waals surface area contributed by atoms with E-state index in [1.807, 2.05) is 6.21 Å². The van der Waals surface area contributed by atoms with Gasteiger partial charge < -0.3 is 10.4 Å². The smallest absolute Gasteiger partial charge is 0.0630 e. The van der Waals surface area contributed by atoms with Crippen LogP contribution in [0.15, 0.2) is 22.5 Å². The molecule has 2 N–H and O–H groups in total. The normalized spacial score (nSPS) is 53.1. The molecule has 5 aliphatic rings. The molecule has 5 saturated carbocycles. The minimum atomic E-state index is -0.0311. The second kappa shape index (κ2) is 7.59. The highest BCUT2D eigenvalue weighted by Crippen LogP contribution is 2.77. The van der Waals surface area contributed by atoms with E-state index in [0.29, 0.717) is 45.8 Å². The minimum Gasteiger partial charge on any atom is -0.411 e. The molecule has 0 aromatic carbocycles. The molecule has 0 aromatic heterocycles. The van der Waals surface area contributed by atoms with E-state index in [2.05, 4.69) is 58.4 Å². The summed E-state index contributed by atoms with van der Waals surface area (Å²) >= 11 is 0. The SMILES string of the molecule is C=C(C)[C@@H]1CC[C@]2(/C=N\O)CC[C@]3(C)[C@H](CC[C@@H]4[C@@]5(C)CC/C(=N/O)C(C)(C)[C@@H]5CC[C@]43C)[C@@H]12. The van der Waals surface area contributed by atoms with E-state index in [1.54, 1.807) is 0 Å². The van der Waals surface area contributed by atoms with Gasteiger partial charge in [-0.3, -0.25) is 0 Å². The molecule has 0 saturated heterocycles. The van der Waals surface area contributed by atoms with Crippen LogP contribution in [0.3, 0.4) is 0 Å². The molecule has 4 nitrogen and oxygen atoms in total. The maximum absolute atomic E-state index is 9.76. The number of rotatable bonds is 2. The van der Waals surface area contributed by atoms with Crippen molar-refractivity contribution in [2.45, 2.75) is 106 Å². The fourth-order valence-electron chi connectivity index (χ4n) is 11.5. The molecule has 0 heterocycles. The zero-order valence-electron chi connectivity index (χ0n) is 22.5. The van der Waals surface area contributed by atoms with E-state index in [4.69, 9.17) is 0 Å². The number of fused-ring (bicyclic) bond motifs is 7. The van der Waals surface area contributed by atoms with Crippen molar-refractivity contribution < 1.29 is 10.4 Å². The van der Waals surface area contributed by atoms with Gasteiger partial charge in [-0.25, -0.2) is 0 Å². The Labute approximate surface area is 207 Å². The van der Waals surface area contributed by atoms with Crippen molar-refractivity contribution >= 4 is 11.9 Å². The molecular formula is C30H48N2O2. The van der Waals surface area contributed by atoms with E-state index in [-0.39, 0.29) is 10.8 Å². The van der Waals surface area contributed by atoms with Crippen LogP contribution in [0.5, 0.6) is 0 Å². The van der Waals surface area contributed by atoms with Gasteiger partial charge in [-0.2, -0.15) is 0 Å². The molecule has 0 radical (unpaired) electrons. The molecule has 5 fully saturated rings. The fourth-order valence-corrected chi connectivity index (χ4v) is 11.5. The average Bonchev–Trinajstić information content (AvgIpc) is 3.14. The summed E-state index contributed by atoms with van der Waals surface area (Å²) in [6, 6.07) is 0. The molecule has 5 rings (SSSR count). The van der Waals surface area contributed by atoms with Crippen LogP contribution >= 0.6 is 0 Å². The Morgan fingerprint density at radius 2 is 1.62 bits per heavy atom. The molecule has 0 aliphatic heterocycles. The zero-order chi connectivity index (χ0) is 24.7. The van der Waals surface area contributed by atoms with Gasteiger partial charge in [0.25, 0.3) is 0 Å². The highest BCUT2D eigenvalue weighted by molar-refractivity contribution is 5.90. The Hall–Kier alpha value is -1.32. The maximum atomic E-state index is 9.76. The molecule has 5 aliphatic carbocycles. The second-order valence-corrected chi connectivity index (χ2v) is 14.4. The van der Waals surface area contributed by atoms with E-state index in [0.717, 1.165) is 31.4 Å². The van der Waals surface area contributed by atoms with Gasteiger partial charge in [-0.05, 0) is 117 Å². The van der Waals surface area contributed by atoms with Crippen LogP contribution in [0.4, 0.5) is 0 Å². The quantitative estimate of drug-likeness (QED) is 0.187. The summed E-state index contributed by atoms with van der Waals surface area (Å²) in [6.07, 6.45) is 13.8. The average molecular weight is 469 g/mol. The number of hydrogen-bond acceptors (Lipinski definition) is 4. The second-order valence-electron chi connectivity index (χ2n) is 14.4. The first kappa shape index (κ1) is 24.4. The summed E-state index contributed by atoms with van der Waals surface area (Å²) in [6.45, 7) is 19.2. The molecule has 0 amide bonds. The van der Waals surface area contributed by atoms with E-state index in [1.165, 1.54) is 44.1 Å². The predicted octanol–water partition coefficient (Wildman–Crippen LogP) is 7.93. The Balaban J connectivity index is 1.56. The molecule has 0 bridgehead atoms. The lowest BCUT2D eigenvalue weighted by Gasteiger charge is -2.72. The highest BCUT2D eigenvalue weighted by Gasteiger charge is 2.70. The maximum Gasteiger partial charge on any atom is 0.0630 e. The molecule has 34 heavy (non-hydrogen) atoms. The number of hydrogen-bond donors (Lipinski definition) is 2. The van der Waals surface area contributed by atoms with Crippen molar-refractivity contribution in [1.29, 1.82) is 0 Å². The van der Waals surface area contributed by atoms with Gasteiger partial charge in [0, 0.05) is 10.8 Å². The third-order valence-electron chi connectivity index (χ3n) is 13.3. The van der Waals surface area contributed by atoms with Gasteiger partial charge in [-0.15, -0.1) is 5.16 Å². The minimum absolute atomic E-state index is 0.0311. The molecule has 4 heteroatoms. The molecule has 0 unspecified atom stereocenters. The van der Waals surface area contributed by atoms with Gasteiger partial charge in [-0.1, -0.05) is 51.9 Å². The summed E-state index contributed by atoms with van der Waals surface area (Å²) in [4.78, 5) is 0. The van der Waals surface area contributed by atoms with Gasteiger partial charge in [0.2, 0.25) is 0 Å². The van der Waals surface area contributed by atoms with Crippen LogP contribution in [0.25, 0.3) is 0 Å². The lowest BCUT2D eigenvalue weighted by atomic mass is 9.32. The Morgan fingerprint density at radius 3 is 2.26 bits per heavy atom. The summed E-state index contributed by atoms with van der Waals surface area (Å²) in [7, 11) is 0. The standard InChI is InChI=1S/C30H48N2O2/c1-19(2)20-10-15-30(18-31-33)17-16-28(6)21(25(20)30)8-9-23-27(5)13-12-24(32-34)26(3,4)22(27)11-14-29(23,28)7/h18,20-23,25,33-34H,1,8-17H2,2-7H3/b31-18-,32-24-/t20-,21+,22-,23+,25+,27-,28+,29+,30+/m0/s1. The Morgan fingerprint density at radius 1 is 0.882 bits per heavy atom. The van der Waals surface area contributed by atoms with Gasteiger partial charge in [0.15, 0.2) is 0 Å². The monoisotopic (exact) mass is 468 g/mol. The number of nitrogens with zero attached hydrogens (tertiary/aromatic N) is 2. The lowest BCUT2D eigenvalue weighted by Crippen LogP contribution is -2.66. The third kappa shape index (κ3) is 2.83. The van der Waals surface area contributed by atoms with Crippen molar-refractivity contribution in [3.63, 3.8) is 0 Å². The Kier molecular flexibility index (Phi) is 5.44. The summed E-state index contributed by atoms with van der Waals surface area (Å²) in [5, 5.41) is 26.9. The van der Waals surface area contributed by atoms with Crippen LogP contribution in [-0.4, -0.2) is 22.3 Å². The van der Waals surface area contributed by atoms with Crippen LogP contribution in [0.1, 0.15) is 106 Å². The van der Waals surface area contributed by atoms with Crippen molar-refractivity contribution in [1.82, 2.24) is 0 Å². The third-order valence-corrected chi connectivity index (χ3v) is 13.3. The van der Waals surface area contributed by atoms with Crippen molar-refractivity contribution in [2.24, 2.45) is 67.0 Å². The van der Waals surface area contributed by atoms with Crippen LogP contribution < -0.4 is 0 Å². The summed E-state index contributed by atoms with van der Waals surface area (Å²) in [5.74, 6) is 3.06. The van der Waals surface area contributed by atoms with Gasteiger partial charge in [0.05, 0.1) is 11.9 Å². The van der Waals surface area contributed by atoms with Crippen molar-refractivity contribution in [2.75, 3.05) is 0 Å². The topological polar surface area (TPSA) is 65.2 Å². The van der Waals surface area contributed by atoms with Gasteiger partial charge >= 0.3 is 0 Å². The van der Waals surface area contributed by atoms with E-state index < -0.39 is 0 Å². The van der Waals surface area contributed by atoms with E-state index >= 15 is 0 Å². The first-order valence-corrected chi connectivity index (χ1v) is 14.0. The van der Waals surface area contributed by atoms with Gasteiger partial charge in [0.1, 0.15) is 0 Å². The summed E-state index contributed by atoms with van der Waals surface area (Å²) in [5.41, 5.74) is 3.27. The first-order valence-electron chi connectivity index (χ1n) is 14.0. The predicted molar refractivity (Wildman–Crippen MR) is 138 cm³/mol. The molecule has 0 aromatic rings.